The number of halogens is 1. The molecule has 0 radical (unpaired) electrons. The first-order valence-electron chi connectivity index (χ1n) is 8.18. The lowest BCUT2D eigenvalue weighted by Gasteiger charge is -2.37. The summed E-state index contributed by atoms with van der Waals surface area (Å²) in [6.45, 7) is 3.69. The highest BCUT2D eigenvalue weighted by Crippen LogP contribution is 2.31. The Morgan fingerprint density at radius 2 is 1.83 bits per heavy atom. The molecule has 0 bridgehead atoms. The molecule has 6 heteroatoms. The molecule has 1 spiro atoms. The van der Waals surface area contributed by atoms with Crippen LogP contribution in [0.2, 0.25) is 0 Å². The molecule has 2 aliphatic heterocycles. The lowest BCUT2D eigenvalue weighted by Crippen LogP contribution is -2.49. The van der Waals surface area contributed by atoms with E-state index in [0.717, 1.165) is 24.8 Å². The molecule has 3 rings (SSSR count). The summed E-state index contributed by atoms with van der Waals surface area (Å²) in [5.41, 5.74) is 1.06. The lowest BCUT2D eigenvalue weighted by molar-refractivity contribution is -0.187. The molecule has 2 heterocycles. The number of carbonyl (C=O) groups is 1. The zero-order chi connectivity index (χ0) is 16.1. The molecule has 126 valence electrons. The minimum atomic E-state index is -0.438. The van der Waals surface area contributed by atoms with Gasteiger partial charge in [-0.3, -0.25) is 4.79 Å². The van der Waals surface area contributed by atoms with Crippen LogP contribution >= 0.6 is 0 Å². The minimum Gasteiger partial charge on any atom is -0.347 e. The molecule has 5 nitrogen and oxygen atoms in total. The fourth-order valence-corrected chi connectivity index (χ4v) is 3.07. The summed E-state index contributed by atoms with van der Waals surface area (Å²) >= 11 is 0. The number of likely N-dealkylation sites (tertiary alicyclic amines) is 1. The number of hydrogen-bond donors (Lipinski definition) is 1. The van der Waals surface area contributed by atoms with Crippen molar-refractivity contribution in [3.8, 4) is 0 Å². The molecule has 23 heavy (non-hydrogen) atoms. The highest BCUT2D eigenvalue weighted by molar-refractivity contribution is 5.78. The second kappa shape index (κ2) is 7.38. The molecule has 2 saturated heterocycles. The molecule has 1 aromatic rings. The smallest absolute Gasteiger partial charge is 0.236 e. The van der Waals surface area contributed by atoms with Crippen LogP contribution < -0.4 is 5.32 Å². The molecule has 0 saturated carbocycles. The van der Waals surface area contributed by atoms with Crippen LogP contribution in [0, 0.1) is 5.82 Å². The van der Waals surface area contributed by atoms with Crippen molar-refractivity contribution in [2.24, 2.45) is 0 Å². The Morgan fingerprint density at radius 1 is 1.17 bits per heavy atom. The van der Waals surface area contributed by atoms with Crippen molar-refractivity contribution >= 4 is 5.91 Å². The van der Waals surface area contributed by atoms with E-state index in [9.17, 15) is 9.18 Å². The van der Waals surface area contributed by atoms with Gasteiger partial charge in [0.25, 0.3) is 0 Å². The normalized spacial score (nSPS) is 20.1. The molecule has 1 amide bonds. The number of nitrogens with zero attached hydrogens (tertiary/aromatic N) is 1. The molecule has 1 N–H and O–H groups in total. The van der Waals surface area contributed by atoms with Crippen LogP contribution in [0.25, 0.3) is 0 Å². The van der Waals surface area contributed by atoms with E-state index in [0.29, 0.717) is 39.4 Å². The van der Waals surface area contributed by atoms with Gasteiger partial charge in [-0.1, -0.05) is 12.1 Å². The number of nitrogens with one attached hydrogen (secondary N) is 1. The summed E-state index contributed by atoms with van der Waals surface area (Å²) in [6, 6.07) is 6.45. The summed E-state index contributed by atoms with van der Waals surface area (Å²) in [5.74, 6) is -0.556. The molecular weight excluding hydrogens is 299 g/mol. The average molecular weight is 322 g/mol. The number of benzene rings is 1. The van der Waals surface area contributed by atoms with Gasteiger partial charge in [-0.15, -0.1) is 0 Å². The Bertz CT molecular complexity index is 519. The van der Waals surface area contributed by atoms with Gasteiger partial charge in [-0.05, 0) is 30.7 Å². The van der Waals surface area contributed by atoms with E-state index in [1.165, 1.54) is 12.1 Å². The van der Waals surface area contributed by atoms with Crippen molar-refractivity contribution in [1.29, 1.82) is 0 Å². The topological polar surface area (TPSA) is 50.8 Å². The Balaban J connectivity index is 1.34. The largest absolute Gasteiger partial charge is 0.347 e. The van der Waals surface area contributed by atoms with Gasteiger partial charge in [0, 0.05) is 25.9 Å². The third kappa shape index (κ3) is 4.28. The van der Waals surface area contributed by atoms with Gasteiger partial charge in [0.15, 0.2) is 5.79 Å². The van der Waals surface area contributed by atoms with E-state index < -0.39 is 5.79 Å². The van der Waals surface area contributed by atoms with Crippen LogP contribution in [0.3, 0.4) is 0 Å². The monoisotopic (exact) mass is 322 g/mol. The number of hydrogen-bond acceptors (Lipinski definition) is 4. The standard InChI is InChI=1S/C17H23FN2O3/c18-15-3-1-14(2-4-15)5-8-19-13-16(21)20-9-6-17(7-10-20)22-11-12-23-17/h1-4,19H,5-13H2. The first-order valence-corrected chi connectivity index (χ1v) is 8.18. The SMILES string of the molecule is O=C(CNCCc1ccc(F)cc1)N1CCC2(CC1)OCCO2. The Hall–Kier alpha value is -1.50. The predicted octanol–water partition coefficient (Wildman–Crippen LogP) is 1.32. The molecular formula is C17H23FN2O3. The highest BCUT2D eigenvalue weighted by atomic mass is 19.1. The lowest BCUT2D eigenvalue weighted by atomic mass is 10.0. The van der Waals surface area contributed by atoms with Crippen LogP contribution in [0.5, 0.6) is 0 Å². The van der Waals surface area contributed by atoms with Gasteiger partial charge in [0.2, 0.25) is 5.91 Å². The molecule has 0 aliphatic carbocycles. The zero-order valence-corrected chi connectivity index (χ0v) is 13.2. The van der Waals surface area contributed by atoms with Crippen molar-refractivity contribution < 1.29 is 18.7 Å². The fourth-order valence-electron chi connectivity index (χ4n) is 3.07. The van der Waals surface area contributed by atoms with Crippen molar-refractivity contribution in [1.82, 2.24) is 10.2 Å². The minimum absolute atomic E-state index is 0.108. The number of amides is 1. The first-order chi connectivity index (χ1) is 11.2. The van der Waals surface area contributed by atoms with Crippen molar-refractivity contribution in [3.05, 3.63) is 35.6 Å². The third-order valence-corrected chi connectivity index (χ3v) is 4.47. The third-order valence-electron chi connectivity index (χ3n) is 4.47. The van der Waals surface area contributed by atoms with E-state index in [2.05, 4.69) is 5.32 Å². The second-order valence-electron chi connectivity index (χ2n) is 6.04. The maximum Gasteiger partial charge on any atom is 0.236 e. The Morgan fingerprint density at radius 3 is 2.48 bits per heavy atom. The van der Waals surface area contributed by atoms with Crippen molar-refractivity contribution in [3.63, 3.8) is 0 Å². The van der Waals surface area contributed by atoms with Gasteiger partial charge in [0.1, 0.15) is 5.82 Å². The van der Waals surface area contributed by atoms with E-state index in [1.54, 1.807) is 12.1 Å². The summed E-state index contributed by atoms with van der Waals surface area (Å²) in [4.78, 5) is 14.1. The first kappa shape index (κ1) is 16.4. The van der Waals surface area contributed by atoms with Crippen LogP contribution in [-0.2, 0) is 20.7 Å². The molecule has 0 unspecified atom stereocenters. The number of rotatable bonds is 5. The number of piperidine rings is 1. The Labute approximate surface area is 135 Å². The van der Waals surface area contributed by atoms with Crippen LogP contribution in [0.15, 0.2) is 24.3 Å². The van der Waals surface area contributed by atoms with Gasteiger partial charge < -0.3 is 19.7 Å². The van der Waals surface area contributed by atoms with Gasteiger partial charge in [0.05, 0.1) is 19.8 Å². The highest BCUT2D eigenvalue weighted by Gasteiger charge is 2.40. The maximum absolute atomic E-state index is 12.8. The molecule has 1 aromatic carbocycles. The maximum atomic E-state index is 12.8. The van der Waals surface area contributed by atoms with E-state index in [-0.39, 0.29) is 11.7 Å². The van der Waals surface area contributed by atoms with E-state index in [1.807, 2.05) is 4.90 Å². The molecule has 2 fully saturated rings. The van der Waals surface area contributed by atoms with E-state index >= 15 is 0 Å². The van der Waals surface area contributed by atoms with Gasteiger partial charge in [-0.25, -0.2) is 4.39 Å². The predicted molar refractivity (Wildman–Crippen MR) is 83.4 cm³/mol. The molecule has 0 aromatic heterocycles. The van der Waals surface area contributed by atoms with Crippen LogP contribution in [0.1, 0.15) is 18.4 Å². The average Bonchev–Trinajstić information content (AvgIpc) is 3.02. The summed E-state index contributed by atoms with van der Waals surface area (Å²) in [5, 5.41) is 3.16. The number of carbonyl (C=O) groups excluding carboxylic acids is 1. The van der Waals surface area contributed by atoms with Crippen LogP contribution in [-0.4, -0.2) is 56.0 Å². The Kier molecular flexibility index (Phi) is 5.25. The fraction of sp³-hybridized carbons (Fsp3) is 0.588. The molecule has 0 atom stereocenters. The van der Waals surface area contributed by atoms with Crippen molar-refractivity contribution in [2.75, 3.05) is 39.4 Å². The summed E-state index contributed by atoms with van der Waals surface area (Å²) < 4.78 is 24.1. The quantitative estimate of drug-likeness (QED) is 0.831. The van der Waals surface area contributed by atoms with Crippen molar-refractivity contribution in [2.45, 2.75) is 25.0 Å². The molecule has 2 aliphatic rings. The second-order valence-corrected chi connectivity index (χ2v) is 6.04. The zero-order valence-electron chi connectivity index (χ0n) is 13.2. The summed E-state index contributed by atoms with van der Waals surface area (Å²) in [7, 11) is 0. The van der Waals surface area contributed by atoms with Gasteiger partial charge >= 0.3 is 0 Å². The van der Waals surface area contributed by atoms with Gasteiger partial charge in [-0.2, -0.15) is 0 Å². The van der Waals surface area contributed by atoms with E-state index in [4.69, 9.17) is 9.47 Å². The number of ether oxygens (including phenoxy) is 2. The van der Waals surface area contributed by atoms with Crippen LogP contribution in [0.4, 0.5) is 4.39 Å². The summed E-state index contributed by atoms with van der Waals surface area (Å²) in [6.07, 6.45) is 2.26.